The Morgan fingerprint density at radius 1 is 1.25 bits per heavy atom. The van der Waals surface area contributed by atoms with Crippen LogP contribution in [0.25, 0.3) is 0 Å². The van der Waals surface area contributed by atoms with Crippen LogP contribution in [-0.2, 0) is 0 Å². The second-order valence-corrected chi connectivity index (χ2v) is 6.89. The fourth-order valence-corrected chi connectivity index (χ4v) is 2.86. The molecule has 20 heavy (non-hydrogen) atoms. The van der Waals surface area contributed by atoms with Gasteiger partial charge in [0.05, 0.1) is 0 Å². The van der Waals surface area contributed by atoms with Gasteiger partial charge in [0.15, 0.2) is 0 Å². The van der Waals surface area contributed by atoms with Crippen molar-refractivity contribution in [2.75, 3.05) is 23.4 Å². The van der Waals surface area contributed by atoms with Crippen LogP contribution in [0.3, 0.4) is 0 Å². The number of aromatic nitrogens is 2. The van der Waals surface area contributed by atoms with Crippen LogP contribution in [0.1, 0.15) is 57.7 Å². The summed E-state index contributed by atoms with van der Waals surface area (Å²) in [5.41, 5.74) is 3.12. The minimum atomic E-state index is 0.441. The molecule has 5 heteroatoms. The average Bonchev–Trinajstić information content (AvgIpc) is 3.25. The summed E-state index contributed by atoms with van der Waals surface area (Å²) in [5, 5.41) is 0. The van der Waals surface area contributed by atoms with Crippen LogP contribution >= 0.6 is 0 Å². The molecule has 1 saturated heterocycles. The molecule has 5 nitrogen and oxygen atoms in total. The van der Waals surface area contributed by atoms with E-state index >= 15 is 0 Å². The van der Waals surface area contributed by atoms with E-state index in [1.807, 2.05) is 6.07 Å². The summed E-state index contributed by atoms with van der Waals surface area (Å²) < 4.78 is 0. The predicted octanol–water partition coefficient (Wildman–Crippen LogP) is 2.66. The third-order valence-electron chi connectivity index (χ3n) is 4.48. The molecule has 2 fully saturated rings. The summed E-state index contributed by atoms with van der Waals surface area (Å²) in [6, 6.07) is 1.98. The number of hydrogen-bond acceptors (Lipinski definition) is 5. The Hall–Kier alpha value is -1.36. The number of anilines is 2. The van der Waals surface area contributed by atoms with Crippen molar-refractivity contribution in [3.63, 3.8) is 0 Å². The molecular weight excluding hydrogens is 250 g/mol. The molecule has 1 aromatic heterocycles. The minimum Gasteiger partial charge on any atom is -0.356 e. The van der Waals surface area contributed by atoms with Crippen LogP contribution in [0, 0.1) is 5.41 Å². The summed E-state index contributed by atoms with van der Waals surface area (Å²) in [5.74, 6) is 8.83. The lowest BCUT2D eigenvalue weighted by atomic mass is 9.85. The summed E-state index contributed by atoms with van der Waals surface area (Å²) in [6.45, 7) is 6.87. The topological polar surface area (TPSA) is 67.1 Å². The van der Waals surface area contributed by atoms with E-state index in [-0.39, 0.29) is 0 Å². The van der Waals surface area contributed by atoms with Crippen molar-refractivity contribution < 1.29 is 0 Å². The van der Waals surface area contributed by atoms with Crippen LogP contribution in [0.2, 0.25) is 0 Å². The van der Waals surface area contributed by atoms with E-state index in [0.29, 0.717) is 11.3 Å². The van der Waals surface area contributed by atoms with Gasteiger partial charge in [-0.3, -0.25) is 0 Å². The monoisotopic (exact) mass is 275 g/mol. The smallest absolute Gasteiger partial charge is 0.145 e. The predicted molar refractivity (Wildman–Crippen MR) is 81.7 cm³/mol. The highest BCUT2D eigenvalue weighted by molar-refractivity contribution is 5.49. The van der Waals surface area contributed by atoms with Crippen molar-refractivity contribution in [2.24, 2.45) is 11.3 Å². The first-order chi connectivity index (χ1) is 9.57. The number of rotatable bonds is 3. The fraction of sp³-hybridized carbons (Fsp3) is 0.733. The van der Waals surface area contributed by atoms with Gasteiger partial charge in [0, 0.05) is 25.1 Å². The van der Waals surface area contributed by atoms with Crippen molar-refractivity contribution in [3.05, 3.63) is 11.9 Å². The standard InChI is InChI=1S/C15H25N5/c1-15(2)6-3-8-20(9-7-15)13-10-12(19-16)17-14(18-13)11-4-5-11/h10-11H,3-9,16H2,1-2H3,(H,17,18,19). The molecule has 0 aromatic carbocycles. The zero-order valence-corrected chi connectivity index (χ0v) is 12.5. The highest BCUT2D eigenvalue weighted by atomic mass is 15.3. The van der Waals surface area contributed by atoms with Crippen LogP contribution in [0.4, 0.5) is 11.6 Å². The van der Waals surface area contributed by atoms with Crippen LogP contribution < -0.4 is 16.2 Å². The average molecular weight is 275 g/mol. The maximum atomic E-state index is 5.55. The minimum absolute atomic E-state index is 0.441. The molecular formula is C15H25N5. The van der Waals surface area contributed by atoms with Crippen molar-refractivity contribution in [2.45, 2.75) is 51.9 Å². The molecule has 1 aromatic rings. The van der Waals surface area contributed by atoms with Gasteiger partial charge in [-0.1, -0.05) is 13.8 Å². The molecule has 0 unspecified atom stereocenters. The fourth-order valence-electron chi connectivity index (χ4n) is 2.86. The molecule has 1 saturated carbocycles. The van der Waals surface area contributed by atoms with Gasteiger partial charge in [0.25, 0.3) is 0 Å². The summed E-state index contributed by atoms with van der Waals surface area (Å²) in [6.07, 6.45) is 6.13. The molecule has 0 amide bonds. The van der Waals surface area contributed by atoms with Gasteiger partial charge in [0.1, 0.15) is 17.5 Å². The van der Waals surface area contributed by atoms with Gasteiger partial charge < -0.3 is 10.3 Å². The number of hydrogen-bond donors (Lipinski definition) is 2. The Morgan fingerprint density at radius 2 is 2.05 bits per heavy atom. The van der Waals surface area contributed by atoms with Crippen molar-refractivity contribution in [1.82, 2.24) is 9.97 Å². The first kappa shape index (κ1) is 13.6. The SMILES string of the molecule is CC1(C)CCCN(c2cc(NN)nc(C3CC3)n2)CC1. The van der Waals surface area contributed by atoms with Gasteiger partial charge in [-0.15, -0.1) is 0 Å². The first-order valence-electron chi connectivity index (χ1n) is 7.68. The normalized spacial score (nSPS) is 22.4. The summed E-state index contributed by atoms with van der Waals surface area (Å²) >= 11 is 0. The van der Waals surface area contributed by atoms with Gasteiger partial charge in [-0.05, 0) is 37.5 Å². The van der Waals surface area contributed by atoms with Crippen LogP contribution in [-0.4, -0.2) is 23.1 Å². The number of hydrazine groups is 1. The maximum absolute atomic E-state index is 5.55. The Kier molecular flexibility index (Phi) is 3.54. The van der Waals surface area contributed by atoms with E-state index in [1.165, 1.54) is 32.1 Å². The molecule has 110 valence electrons. The third-order valence-corrected chi connectivity index (χ3v) is 4.48. The second kappa shape index (κ2) is 5.20. The summed E-state index contributed by atoms with van der Waals surface area (Å²) in [7, 11) is 0. The van der Waals surface area contributed by atoms with Crippen LogP contribution in [0.5, 0.6) is 0 Å². The number of nitrogen functional groups attached to an aromatic ring is 1. The Bertz CT molecular complexity index is 481. The lowest BCUT2D eigenvalue weighted by molar-refractivity contribution is 0.325. The van der Waals surface area contributed by atoms with Gasteiger partial charge >= 0.3 is 0 Å². The van der Waals surface area contributed by atoms with E-state index in [2.05, 4.69) is 29.2 Å². The molecule has 2 aliphatic rings. The van der Waals surface area contributed by atoms with Crippen molar-refractivity contribution in [1.29, 1.82) is 0 Å². The van der Waals surface area contributed by atoms with Gasteiger partial charge in [-0.2, -0.15) is 0 Å². The zero-order chi connectivity index (χ0) is 14.2. The van der Waals surface area contributed by atoms with E-state index in [4.69, 9.17) is 10.8 Å². The van der Waals surface area contributed by atoms with Gasteiger partial charge in [0.2, 0.25) is 0 Å². The van der Waals surface area contributed by atoms with Crippen molar-refractivity contribution >= 4 is 11.6 Å². The van der Waals surface area contributed by atoms with Crippen LogP contribution in [0.15, 0.2) is 6.07 Å². The molecule has 0 bridgehead atoms. The molecule has 0 atom stereocenters. The molecule has 1 aliphatic heterocycles. The second-order valence-electron chi connectivity index (χ2n) is 6.89. The molecule has 0 radical (unpaired) electrons. The number of nitrogens with one attached hydrogen (secondary N) is 1. The zero-order valence-electron chi connectivity index (χ0n) is 12.5. The lowest BCUT2D eigenvalue weighted by Gasteiger charge is -2.24. The molecule has 1 aliphatic carbocycles. The van der Waals surface area contributed by atoms with Gasteiger partial charge in [-0.25, -0.2) is 15.8 Å². The summed E-state index contributed by atoms with van der Waals surface area (Å²) in [4.78, 5) is 11.7. The molecule has 0 spiro atoms. The van der Waals surface area contributed by atoms with E-state index in [1.54, 1.807) is 0 Å². The Labute approximate surface area is 120 Å². The van der Waals surface area contributed by atoms with Crippen molar-refractivity contribution in [3.8, 4) is 0 Å². The largest absolute Gasteiger partial charge is 0.356 e. The lowest BCUT2D eigenvalue weighted by Crippen LogP contribution is -2.27. The quantitative estimate of drug-likeness (QED) is 0.655. The highest BCUT2D eigenvalue weighted by Gasteiger charge is 2.29. The molecule has 2 heterocycles. The first-order valence-corrected chi connectivity index (χ1v) is 7.68. The number of nitrogens with two attached hydrogens (primary N) is 1. The Morgan fingerprint density at radius 3 is 2.75 bits per heavy atom. The number of nitrogens with zero attached hydrogens (tertiary/aromatic N) is 3. The molecule has 3 rings (SSSR count). The van der Waals surface area contributed by atoms with E-state index < -0.39 is 0 Å². The molecule has 3 N–H and O–H groups in total. The third kappa shape index (κ3) is 3.03. The Balaban J connectivity index is 1.83. The highest BCUT2D eigenvalue weighted by Crippen LogP contribution is 2.39. The van der Waals surface area contributed by atoms with E-state index in [0.717, 1.165) is 30.5 Å². The van der Waals surface area contributed by atoms with E-state index in [9.17, 15) is 0 Å². The maximum Gasteiger partial charge on any atom is 0.145 e.